The van der Waals surface area contributed by atoms with Crippen LogP contribution >= 0.6 is 23.7 Å². The number of hydrogen-bond acceptors (Lipinski definition) is 6. The van der Waals surface area contributed by atoms with Gasteiger partial charge in [0.1, 0.15) is 17.0 Å². The van der Waals surface area contributed by atoms with E-state index in [2.05, 4.69) is 38.1 Å². The Labute approximate surface area is 153 Å². The fraction of sp³-hybridized carbons (Fsp3) is 0.647. The molecule has 2 fully saturated rings. The SMILES string of the molecule is Cc1cc2c(N3CCN(CC4CCCNC4)CC3)ncnc2s1.Cl. The standard InChI is InChI=1S/C17H25N5S.ClH/c1-13-9-15-16(19-12-20-17(15)23-13)22-7-5-21(6-8-22)11-14-3-2-4-18-10-14;/h9,12,14,18H,2-8,10-11H2,1H3;1H. The minimum Gasteiger partial charge on any atom is -0.353 e. The summed E-state index contributed by atoms with van der Waals surface area (Å²) < 4.78 is 0. The molecular formula is C17H26ClN5S. The van der Waals surface area contributed by atoms with Crippen molar-refractivity contribution in [1.82, 2.24) is 20.2 Å². The van der Waals surface area contributed by atoms with E-state index < -0.39 is 0 Å². The number of nitrogens with one attached hydrogen (secondary N) is 1. The average molecular weight is 368 g/mol. The van der Waals surface area contributed by atoms with Crippen molar-refractivity contribution >= 4 is 39.8 Å². The summed E-state index contributed by atoms with van der Waals surface area (Å²) in [4.78, 5) is 16.5. The third-order valence-corrected chi connectivity index (χ3v) is 5.98. The maximum Gasteiger partial charge on any atom is 0.140 e. The van der Waals surface area contributed by atoms with Crippen LogP contribution in [0.2, 0.25) is 0 Å². The van der Waals surface area contributed by atoms with Gasteiger partial charge in [0.25, 0.3) is 0 Å². The van der Waals surface area contributed by atoms with Crippen LogP contribution in [0.15, 0.2) is 12.4 Å². The number of aromatic nitrogens is 2. The van der Waals surface area contributed by atoms with Crippen molar-refractivity contribution in [2.24, 2.45) is 5.92 Å². The molecule has 2 aliphatic rings. The number of anilines is 1. The second-order valence-electron chi connectivity index (χ2n) is 6.77. The molecule has 0 aliphatic carbocycles. The van der Waals surface area contributed by atoms with Crippen LogP contribution in [-0.2, 0) is 0 Å². The first-order valence-corrected chi connectivity index (χ1v) is 9.50. The maximum absolute atomic E-state index is 4.58. The number of thiophene rings is 1. The molecular weight excluding hydrogens is 342 g/mol. The topological polar surface area (TPSA) is 44.3 Å². The predicted octanol–water partition coefficient (Wildman–Crippen LogP) is 2.54. The van der Waals surface area contributed by atoms with Crippen LogP contribution in [-0.4, -0.2) is 60.7 Å². The molecule has 1 unspecified atom stereocenters. The number of aryl methyl sites for hydroxylation is 1. The molecule has 132 valence electrons. The van der Waals surface area contributed by atoms with Gasteiger partial charge in [-0.25, -0.2) is 9.97 Å². The van der Waals surface area contributed by atoms with Crippen molar-refractivity contribution in [2.75, 3.05) is 50.7 Å². The minimum absolute atomic E-state index is 0. The summed E-state index contributed by atoms with van der Waals surface area (Å²) in [6.45, 7) is 10.2. The van der Waals surface area contributed by atoms with Gasteiger partial charge >= 0.3 is 0 Å². The van der Waals surface area contributed by atoms with E-state index in [1.165, 1.54) is 42.7 Å². The fourth-order valence-electron chi connectivity index (χ4n) is 3.80. The third-order valence-electron chi connectivity index (χ3n) is 5.02. The largest absolute Gasteiger partial charge is 0.353 e. The Morgan fingerprint density at radius 2 is 2.08 bits per heavy atom. The summed E-state index contributed by atoms with van der Waals surface area (Å²) in [5.74, 6) is 1.96. The lowest BCUT2D eigenvalue weighted by atomic mass is 9.99. The summed E-state index contributed by atoms with van der Waals surface area (Å²) in [6.07, 6.45) is 4.43. The molecule has 4 heterocycles. The molecule has 2 aromatic rings. The van der Waals surface area contributed by atoms with Gasteiger partial charge in [0.05, 0.1) is 5.39 Å². The Kier molecular flexibility index (Phi) is 5.92. The Morgan fingerprint density at radius 1 is 1.25 bits per heavy atom. The molecule has 2 aliphatic heterocycles. The highest BCUT2D eigenvalue weighted by Crippen LogP contribution is 2.30. The molecule has 1 atom stereocenters. The van der Waals surface area contributed by atoms with Crippen molar-refractivity contribution in [2.45, 2.75) is 19.8 Å². The predicted molar refractivity (Wildman–Crippen MR) is 104 cm³/mol. The van der Waals surface area contributed by atoms with Gasteiger partial charge in [0, 0.05) is 37.6 Å². The summed E-state index contributed by atoms with van der Waals surface area (Å²) in [7, 11) is 0. The van der Waals surface area contributed by atoms with E-state index in [1.54, 1.807) is 17.7 Å². The van der Waals surface area contributed by atoms with Crippen LogP contribution in [0.25, 0.3) is 10.2 Å². The molecule has 2 saturated heterocycles. The monoisotopic (exact) mass is 367 g/mol. The molecule has 5 nitrogen and oxygen atoms in total. The number of halogens is 1. The normalized spacial score (nSPS) is 22.5. The van der Waals surface area contributed by atoms with E-state index in [0.717, 1.165) is 42.7 Å². The van der Waals surface area contributed by atoms with Gasteiger partial charge in [-0.1, -0.05) is 0 Å². The van der Waals surface area contributed by atoms with Crippen molar-refractivity contribution in [1.29, 1.82) is 0 Å². The van der Waals surface area contributed by atoms with Gasteiger partial charge in [-0.3, -0.25) is 4.90 Å². The van der Waals surface area contributed by atoms with E-state index in [-0.39, 0.29) is 12.4 Å². The van der Waals surface area contributed by atoms with Crippen molar-refractivity contribution in [3.8, 4) is 0 Å². The van der Waals surface area contributed by atoms with E-state index in [4.69, 9.17) is 0 Å². The van der Waals surface area contributed by atoms with Crippen molar-refractivity contribution in [3.63, 3.8) is 0 Å². The van der Waals surface area contributed by atoms with Crippen LogP contribution in [0, 0.1) is 12.8 Å². The molecule has 0 spiro atoms. The zero-order chi connectivity index (χ0) is 15.6. The second-order valence-corrected chi connectivity index (χ2v) is 8.01. The molecule has 0 aromatic carbocycles. The lowest BCUT2D eigenvalue weighted by molar-refractivity contribution is 0.198. The first-order valence-electron chi connectivity index (χ1n) is 8.69. The molecule has 24 heavy (non-hydrogen) atoms. The molecule has 0 saturated carbocycles. The van der Waals surface area contributed by atoms with Gasteiger partial charge in [-0.2, -0.15) is 0 Å². The molecule has 1 N–H and O–H groups in total. The molecule has 7 heteroatoms. The van der Waals surface area contributed by atoms with Gasteiger partial charge in [0.15, 0.2) is 0 Å². The van der Waals surface area contributed by atoms with E-state index in [1.807, 2.05) is 0 Å². The van der Waals surface area contributed by atoms with Gasteiger partial charge in [-0.05, 0) is 44.8 Å². The van der Waals surface area contributed by atoms with Crippen LogP contribution in [0.3, 0.4) is 0 Å². The van der Waals surface area contributed by atoms with Crippen LogP contribution < -0.4 is 10.2 Å². The zero-order valence-corrected chi connectivity index (χ0v) is 15.8. The fourth-order valence-corrected chi connectivity index (χ4v) is 4.64. The molecule has 0 radical (unpaired) electrons. The summed E-state index contributed by atoms with van der Waals surface area (Å²) in [5.41, 5.74) is 0. The lowest BCUT2D eigenvalue weighted by Crippen LogP contribution is -2.49. The third kappa shape index (κ3) is 3.82. The smallest absolute Gasteiger partial charge is 0.140 e. The summed E-state index contributed by atoms with van der Waals surface area (Å²) >= 11 is 1.76. The number of piperidine rings is 1. The number of rotatable bonds is 3. The van der Waals surface area contributed by atoms with Crippen LogP contribution in [0.1, 0.15) is 17.7 Å². The Balaban J connectivity index is 0.00000169. The average Bonchev–Trinajstić information content (AvgIpc) is 2.97. The van der Waals surface area contributed by atoms with Crippen molar-refractivity contribution < 1.29 is 0 Å². The van der Waals surface area contributed by atoms with Crippen molar-refractivity contribution in [3.05, 3.63) is 17.3 Å². The number of piperazine rings is 1. The van der Waals surface area contributed by atoms with E-state index >= 15 is 0 Å². The number of nitrogens with zero attached hydrogens (tertiary/aromatic N) is 4. The first kappa shape index (κ1) is 17.9. The molecule has 0 bridgehead atoms. The zero-order valence-electron chi connectivity index (χ0n) is 14.2. The quantitative estimate of drug-likeness (QED) is 0.903. The van der Waals surface area contributed by atoms with E-state index in [0.29, 0.717) is 0 Å². The summed E-state index contributed by atoms with van der Waals surface area (Å²) in [6, 6.07) is 2.23. The Bertz CT molecular complexity index is 662. The van der Waals surface area contributed by atoms with Crippen LogP contribution in [0.5, 0.6) is 0 Å². The summed E-state index contributed by atoms with van der Waals surface area (Å²) in [5, 5.41) is 4.75. The second kappa shape index (κ2) is 7.95. The first-order chi connectivity index (χ1) is 11.3. The number of hydrogen-bond donors (Lipinski definition) is 1. The maximum atomic E-state index is 4.58. The molecule has 0 amide bonds. The Hall–Kier alpha value is -0.950. The molecule has 2 aromatic heterocycles. The van der Waals surface area contributed by atoms with Crippen LogP contribution in [0.4, 0.5) is 5.82 Å². The lowest BCUT2D eigenvalue weighted by Gasteiger charge is -2.38. The highest BCUT2D eigenvalue weighted by molar-refractivity contribution is 7.18. The minimum atomic E-state index is 0. The van der Waals surface area contributed by atoms with E-state index in [9.17, 15) is 0 Å². The van der Waals surface area contributed by atoms with Gasteiger partial charge in [-0.15, -0.1) is 23.7 Å². The molecule has 4 rings (SSSR count). The Morgan fingerprint density at radius 3 is 2.83 bits per heavy atom. The highest BCUT2D eigenvalue weighted by Gasteiger charge is 2.23. The van der Waals surface area contributed by atoms with Gasteiger partial charge in [0.2, 0.25) is 0 Å². The highest BCUT2D eigenvalue weighted by atomic mass is 35.5. The number of fused-ring (bicyclic) bond motifs is 1. The van der Waals surface area contributed by atoms with Gasteiger partial charge < -0.3 is 10.2 Å².